The average Bonchev–Trinajstić information content (AvgIpc) is 2.83. The molecule has 0 aliphatic heterocycles. The number of nitrogens with zero attached hydrogens (tertiary/aromatic N) is 2. The second kappa shape index (κ2) is 6.18. The number of benzene rings is 1. The molecular formula is C11H8Cl2N2O3S. The number of halogens is 2. The molecule has 19 heavy (non-hydrogen) atoms. The molecule has 0 N–H and O–H groups in total. The van der Waals surface area contributed by atoms with Crippen LogP contribution in [0.15, 0.2) is 18.2 Å². The minimum absolute atomic E-state index is 0.120. The molecule has 0 aliphatic carbocycles. The molecule has 100 valence electrons. The molecule has 0 atom stereocenters. The first-order valence-corrected chi connectivity index (χ1v) is 6.81. The molecule has 5 nitrogen and oxygen atoms in total. The van der Waals surface area contributed by atoms with Crippen LogP contribution in [0.4, 0.5) is 0 Å². The van der Waals surface area contributed by atoms with Gasteiger partial charge in [-0.25, -0.2) is 4.79 Å². The second-order valence-corrected chi connectivity index (χ2v) is 5.05. The minimum atomic E-state index is -0.535. The van der Waals surface area contributed by atoms with Gasteiger partial charge in [0.2, 0.25) is 5.01 Å². The molecule has 1 aromatic heterocycles. The Morgan fingerprint density at radius 1 is 1.37 bits per heavy atom. The van der Waals surface area contributed by atoms with Crippen LogP contribution in [0.2, 0.25) is 10.0 Å². The minimum Gasteiger partial charge on any atom is -0.461 e. The zero-order chi connectivity index (χ0) is 13.8. The molecule has 1 aromatic carbocycles. The lowest BCUT2D eigenvalue weighted by molar-refractivity contribution is 0.0525. The first-order valence-electron chi connectivity index (χ1n) is 5.23. The van der Waals surface area contributed by atoms with Crippen molar-refractivity contribution in [2.75, 3.05) is 6.61 Å². The van der Waals surface area contributed by atoms with E-state index in [2.05, 4.69) is 10.2 Å². The number of ether oxygens (including phenoxy) is 2. The number of carbonyl (C=O) groups excluding carboxylic acids is 1. The Hall–Kier alpha value is -1.37. The molecule has 0 saturated carbocycles. The predicted octanol–water partition coefficient (Wildman–Crippen LogP) is 3.81. The van der Waals surface area contributed by atoms with Gasteiger partial charge in [-0.3, -0.25) is 0 Å². The van der Waals surface area contributed by atoms with Crippen molar-refractivity contribution in [1.82, 2.24) is 10.2 Å². The number of hydrogen-bond acceptors (Lipinski definition) is 6. The predicted molar refractivity (Wildman–Crippen MR) is 72.4 cm³/mol. The van der Waals surface area contributed by atoms with E-state index in [-0.39, 0.29) is 16.8 Å². The van der Waals surface area contributed by atoms with E-state index in [1.807, 2.05) is 0 Å². The van der Waals surface area contributed by atoms with Gasteiger partial charge in [0, 0.05) is 11.1 Å². The van der Waals surface area contributed by atoms with E-state index in [9.17, 15) is 4.79 Å². The number of esters is 1. The van der Waals surface area contributed by atoms with Crippen molar-refractivity contribution in [1.29, 1.82) is 0 Å². The molecule has 1 heterocycles. The van der Waals surface area contributed by atoms with Crippen LogP contribution in [0.25, 0.3) is 0 Å². The molecule has 0 unspecified atom stereocenters. The molecule has 2 aromatic rings. The van der Waals surface area contributed by atoms with Crippen molar-refractivity contribution in [3.05, 3.63) is 33.3 Å². The molecule has 0 bridgehead atoms. The number of carbonyl (C=O) groups is 1. The van der Waals surface area contributed by atoms with Gasteiger partial charge in [-0.1, -0.05) is 28.3 Å². The monoisotopic (exact) mass is 318 g/mol. The van der Waals surface area contributed by atoms with Gasteiger partial charge in [0.05, 0.1) is 11.6 Å². The third-order valence-electron chi connectivity index (χ3n) is 1.95. The van der Waals surface area contributed by atoms with Crippen LogP contribution in [0.5, 0.6) is 10.9 Å². The summed E-state index contributed by atoms with van der Waals surface area (Å²) in [6.07, 6.45) is 0. The quantitative estimate of drug-likeness (QED) is 0.802. The van der Waals surface area contributed by atoms with Gasteiger partial charge >= 0.3 is 5.97 Å². The van der Waals surface area contributed by atoms with Crippen molar-refractivity contribution in [2.45, 2.75) is 6.92 Å². The molecule has 2 rings (SSSR count). The van der Waals surface area contributed by atoms with Crippen LogP contribution in [-0.4, -0.2) is 22.8 Å². The van der Waals surface area contributed by atoms with Crippen molar-refractivity contribution >= 4 is 40.5 Å². The van der Waals surface area contributed by atoms with Crippen LogP contribution in [0.3, 0.4) is 0 Å². The van der Waals surface area contributed by atoms with E-state index >= 15 is 0 Å². The smallest absolute Gasteiger partial charge is 0.369 e. The zero-order valence-corrected chi connectivity index (χ0v) is 12.1. The largest absolute Gasteiger partial charge is 0.461 e. The van der Waals surface area contributed by atoms with Gasteiger partial charge in [-0.2, -0.15) is 0 Å². The van der Waals surface area contributed by atoms with Crippen LogP contribution in [-0.2, 0) is 4.74 Å². The normalized spacial score (nSPS) is 10.3. The van der Waals surface area contributed by atoms with Crippen molar-refractivity contribution < 1.29 is 14.3 Å². The van der Waals surface area contributed by atoms with E-state index in [0.717, 1.165) is 11.3 Å². The fourth-order valence-electron chi connectivity index (χ4n) is 1.18. The van der Waals surface area contributed by atoms with E-state index in [4.69, 9.17) is 32.7 Å². The van der Waals surface area contributed by atoms with Gasteiger partial charge < -0.3 is 9.47 Å². The van der Waals surface area contributed by atoms with E-state index in [1.54, 1.807) is 25.1 Å². The first-order chi connectivity index (χ1) is 9.10. The van der Waals surface area contributed by atoms with E-state index in [0.29, 0.717) is 15.8 Å². The molecule has 0 saturated heterocycles. The Kier molecular flexibility index (Phi) is 4.57. The Morgan fingerprint density at radius 3 is 2.89 bits per heavy atom. The topological polar surface area (TPSA) is 61.3 Å². The van der Waals surface area contributed by atoms with Crippen LogP contribution >= 0.6 is 34.5 Å². The van der Waals surface area contributed by atoms with Crippen LogP contribution < -0.4 is 4.74 Å². The summed E-state index contributed by atoms with van der Waals surface area (Å²) in [7, 11) is 0. The summed E-state index contributed by atoms with van der Waals surface area (Å²) in [5.74, 6) is -0.187. The Bertz CT molecular complexity index is 603. The standard InChI is InChI=1S/C11H8Cl2N2O3S/c1-2-17-10(16)9-14-15-11(19-9)18-8-5-6(12)3-4-7(8)13/h3-5H,2H2,1H3. The maximum Gasteiger partial charge on any atom is 0.369 e. The number of hydrogen-bond donors (Lipinski definition) is 0. The summed E-state index contributed by atoms with van der Waals surface area (Å²) in [6.45, 7) is 1.98. The van der Waals surface area contributed by atoms with Gasteiger partial charge in [0.1, 0.15) is 5.75 Å². The van der Waals surface area contributed by atoms with Crippen molar-refractivity contribution in [3.63, 3.8) is 0 Å². The van der Waals surface area contributed by atoms with Gasteiger partial charge in [-0.05, 0) is 30.4 Å². The molecular weight excluding hydrogens is 311 g/mol. The lowest BCUT2D eigenvalue weighted by atomic mass is 10.3. The molecule has 0 spiro atoms. The summed E-state index contributed by atoms with van der Waals surface area (Å²) in [5, 5.41) is 8.58. The second-order valence-electron chi connectivity index (χ2n) is 3.27. The highest BCUT2D eigenvalue weighted by molar-refractivity contribution is 7.14. The summed E-state index contributed by atoms with van der Waals surface area (Å²) < 4.78 is 10.2. The Morgan fingerprint density at radius 2 is 2.16 bits per heavy atom. The average molecular weight is 319 g/mol. The molecule has 0 aliphatic rings. The summed E-state index contributed by atoms with van der Waals surface area (Å²) in [4.78, 5) is 11.4. The molecule has 0 fully saturated rings. The highest BCUT2D eigenvalue weighted by Gasteiger charge is 2.15. The first kappa shape index (κ1) is 14.0. The van der Waals surface area contributed by atoms with Gasteiger partial charge in [0.25, 0.3) is 5.19 Å². The fourth-order valence-corrected chi connectivity index (χ4v) is 2.10. The zero-order valence-electron chi connectivity index (χ0n) is 9.72. The SMILES string of the molecule is CCOC(=O)c1nnc(Oc2cc(Cl)ccc2Cl)s1. The summed E-state index contributed by atoms with van der Waals surface area (Å²) in [5.41, 5.74) is 0. The third-order valence-corrected chi connectivity index (χ3v) is 3.28. The Labute approximate surface area is 123 Å². The van der Waals surface area contributed by atoms with Gasteiger partial charge in [-0.15, -0.1) is 5.10 Å². The van der Waals surface area contributed by atoms with Crippen molar-refractivity contribution in [3.8, 4) is 10.9 Å². The van der Waals surface area contributed by atoms with E-state index in [1.165, 1.54) is 0 Å². The highest BCUT2D eigenvalue weighted by Crippen LogP contribution is 2.33. The number of rotatable bonds is 4. The molecule has 8 heteroatoms. The lowest BCUT2D eigenvalue weighted by Gasteiger charge is -2.03. The fraction of sp³-hybridized carbons (Fsp3) is 0.182. The highest BCUT2D eigenvalue weighted by atomic mass is 35.5. The molecule has 0 radical (unpaired) electrons. The lowest BCUT2D eigenvalue weighted by Crippen LogP contribution is -2.03. The molecule has 0 amide bonds. The summed E-state index contributed by atoms with van der Waals surface area (Å²) >= 11 is 12.8. The van der Waals surface area contributed by atoms with Gasteiger partial charge in [0.15, 0.2) is 0 Å². The van der Waals surface area contributed by atoms with Crippen LogP contribution in [0, 0.1) is 0 Å². The maximum absolute atomic E-state index is 11.4. The van der Waals surface area contributed by atoms with Crippen molar-refractivity contribution in [2.24, 2.45) is 0 Å². The van der Waals surface area contributed by atoms with E-state index < -0.39 is 5.97 Å². The van der Waals surface area contributed by atoms with Crippen LogP contribution in [0.1, 0.15) is 16.7 Å². The third kappa shape index (κ3) is 3.56. The number of aromatic nitrogens is 2. The Balaban J connectivity index is 2.15. The summed E-state index contributed by atoms with van der Waals surface area (Å²) in [6, 6.07) is 4.79. The maximum atomic E-state index is 11.4.